The van der Waals surface area contributed by atoms with E-state index in [1.807, 2.05) is 0 Å². The van der Waals surface area contributed by atoms with Crippen LogP contribution in [0.5, 0.6) is 0 Å². The normalized spacial score (nSPS) is 19.5. The summed E-state index contributed by atoms with van der Waals surface area (Å²) >= 11 is 0. The van der Waals surface area contributed by atoms with Crippen molar-refractivity contribution in [2.24, 2.45) is 7.05 Å². The van der Waals surface area contributed by atoms with Gasteiger partial charge in [0, 0.05) is 20.0 Å². The van der Waals surface area contributed by atoms with Crippen LogP contribution in [0.4, 0.5) is 5.95 Å². The maximum atomic E-state index is 12.0. The molecule has 1 atom stereocenters. The third-order valence-electron chi connectivity index (χ3n) is 2.75. The SMILES string of the molecule is Cn1cnc2c(=O)n3c(nc21)NCCC3O. The third-order valence-corrected chi connectivity index (χ3v) is 2.75. The van der Waals surface area contributed by atoms with Crippen molar-refractivity contribution in [3.8, 4) is 0 Å². The molecule has 0 bridgehead atoms. The lowest BCUT2D eigenvalue weighted by Gasteiger charge is -2.23. The molecule has 0 saturated carbocycles. The maximum absolute atomic E-state index is 12.0. The summed E-state index contributed by atoms with van der Waals surface area (Å²) in [5.74, 6) is 0.403. The molecule has 0 aromatic carbocycles. The molecule has 0 amide bonds. The first-order valence-corrected chi connectivity index (χ1v) is 5.04. The smallest absolute Gasteiger partial charge is 0.285 e. The van der Waals surface area contributed by atoms with E-state index >= 15 is 0 Å². The average Bonchev–Trinajstić information content (AvgIpc) is 2.61. The van der Waals surface area contributed by atoms with Crippen LogP contribution in [0.1, 0.15) is 12.6 Å². The fraction of sp³-hybridized carbons (Fsp3) is 0.444. The van der Waals surface area contributed by atoms with Crippen molar-refractivity contribution in [2.75, 3.05) is 11.9 Å². The lowest BCUT2D eigenvalue weighted by atomic mass is 10.3. The largest absolute Gasteiger partial charge is 0.373 e. The number of aryl methyl sites for hydroxylation is 1. The van der Waals surface area contributed by atoms with Gasteiger partial charge in [0.2, 0.25) is 5.95 Å². The van der Waals surface area contributed by atoms with Gasteiger partial charge in [-0.3, -0.25) is 4.79 Å². The van der Waals surface area contributed by atoms with Gasteiger partial charge in [0.1, 0.15) is 6.23 Å². The number of hydrogen-bond donors (Lipinski definition) is 2. The van der Waals surface area contributed by atoms with Crippen molar-refractivity contribution in [3.63, 3.8) is 0 Å². The zero-order valence-corrected chi connectivity index (χ0v) is 8.71. The average molecular weight is 221 g/mol. The molecule has 1 unspecified atom stereocenters. The first-order chi connectivity index (χ1) is 7.68. The Labute approximate surface area is 90.4 Å². The van der Waals surface area contributed by atoms with Gasteiger partial charge in [0.05, 0.1) is 6.33 Å². The van der Waals surface area contributed by atoms with E-state index in [1.165, 1.54) is 10.9 Å². The Kier molecular flexibility index (Phi) is 1.78. The van der Waals surface area contributed by atoms with E-state index in [0.717, 1.165) is 0 Å². The second kappa shape index (κ2) is 3.05. The first kappa shape index (κ1) is 9.34. The highest BCUT2D eigenvalue weighted by Gasteiger charge is 2.22. The fourth-order valence-corrected chi connectivity index (χ4v) is 1.91. The van der Waals surface area contributed by atoms with Crippen molar-refractivity contribution in [1.29, 1.82) is 0 Å². The van der Waals surface area contributed by atoms with E-state index in [9.17, 15) is 9.90 Å². The zero-order chi connectivity index (χ0) is 11.3. The summed E-state index contributed by atoms with van der Waals surface area (Å²) in [6.45, 7) is 0.608. The highest BCUT2D eigenvalue weighted by molar-refractivity contribution is 5.71. The van der Waals surface area contributed by atoms with E-state index < -0.39 is 6.23 Å². The van der Waals surface area contributed by atoms with Crippen molar-refractivity contribution in [1.82, 2.24) is 19.1 Å². The van der Waals surface area contributed by atoms with Crippen molar-refractivity contribution >= 4 is 17.1 Å². The van der Waals surface area contributed by atoms with Gasteiger partial charge in [0.15, 0.2) is 11.2 Å². The lowest BCUT2D eigenvalue weighted by molar-refractivity contribution is 0.0899. The van der Waals surface area contributed by atoms with Crippen LogP contribution < -0.4 is 10.9 Å². The summed E-state index contributed by atoms with van der Waals surface area (Å²) in [5.41, 5.74) is 0.507. The number of imidazole rings is 1. The number of nitrogens with zero attached hydrogens (tertiary/aromatic N) is 4. The topological polar surface area (TPSA) is 85.0 Å². The van der Waals surface area contributed by atoms with Crippen LogP contribution >= 0.6 is 0 Å². The quantitative estimate of drug-likeness (QED) is 0.622. The molecule has 2 N–H and O–H groups in total. The monoisotopic (exact) mass is 221 g/mol. The molecule has 0 radical (unpaired) electrons. The number of aliphatic hydroxyl groups excluding tert-OH is 1. The third kappa shape index (κ3) is 1.09. The molecule has 2 aromatic heterocycles. The molecular formula is C9H11N5O2. The van der Waals surface area contributed by atoms with E-state index in [0.29, 0.717) is 24.6 Å². The zero-order valence-electron chi connectivity index (χ0n) is 8.71. The highest BCUT2D eigenvalue weighted by Crippen LogP contribution is 2.19. The molecular weight excluding hydrogens is 210 g/mol. The van der Waals surface area contributed by atoms with Gasteiger partial charge >= 0.3 is 0 Å². The number of aliphatic hydroxyl groups is 1. The number of nitrogens with one attached hydrogen (secondary N) is 1. The predicted octanol–water partition coefficient (Wildman–Crippen LogP) is -0.564. The van der Waals surface area contributed by atoms with Crippen LogP contribution in [0, 0.1) is 0 Å². The molecule has 7 nitrogen and oxygen atoms in total. The summed E-state index contributed by atoms with van der Waals surface area (Å²) in [7, 11) is 1.78. The fourth-order valence-electron chi connectivity index (χ4n) is 1.91. The number of fused-ring (bicyclic) bond motifs is 2. The lowest BCUT2D eigenvalue weighted by Crippen LogP contribution is -2.34. The minimum absolute atomic E-state index is 0.286. The molecule has 16 heavy (non-hydrogen) atoms. The molecule has 2 aromatic rings. The number of rotatable bonds is 0. The second-order valence-electron chi connectivity index (χ2n) is 3.83. The van der Waals surface area contributed by atoms with Crippen LogP contribution in [-0.2, 0) is 7.05 Å². The summed E-state index contributed by atoms with van der Waals surface area (Å²) in [5, 5.41) is 12.8. The van der Waals surface area contributed by atoms with Crippen molar-refractivity contribution < 1.29 is 5.11 Å². The predicted molar refractivity (Wildman–Crippen MR) is 57.1 cm³/mol. The standard InChI is InChI=1S/C9H11N5O2/c1-13-4-11-6-7(13)12-9-10-3-2-5(15)14(9)8(6)16/h4-5,15H,2-3H2,1H3,(H,10,12). The number of anilines is 1. The molecule has 3 heterocycles. The van der Waals surface area contributed by atoms with Crippen LogP contribution in [0.25, 0.3) is 11.2 Å². The van der Waals surface area contributed by atoms with E-state index in [-0.39, 0.29) is 11.1 Å². The van der Waals surface area contributed by atoms with E-state index in [4.69, 9.17) is 0 Å². The van der Waals surface area contributed by atoms with Crippen molar-refractivity contribution in [3.05, 3.63) is 16.7 Å². The molecule has 1 aliphatic rings. The van der Waals surface area contributed by atoms with Crippen LogP contribution in [-0.4, -0.2) is 30.8 Å². The maximum Gasteiger partial charge on any atom is 0.285 e. The highest BCUT2D eigenvalue weighted by atomic mass is 16.3. The van der Waals surface area contributed by atoms with Crippen LogP contribution in [0.3, 0.4) is 0 Å². The minimum atomic E-state index is -0.817. The summed E-state index contributed by atoms with van der Waals surface area (Å²) in [6, 6.07) is 0. The minimum Gasteiger partial charge on any atom is -0.373 e. The number of aromatic nitrogens is 4. The van der Waals surface area contributed by atoms with Gasteiger partial charge in [-0.15, -0.1) is 0 Å². The Morgan fingerprint density at radius 2 is 2.44 bits per heavy atom. The molecule has 0 aliphatic carbocycles. The molecule has 0 saturated heterocycles. The van der Waals surface area contributed by atoms with Gasteiger partial charge < -0.3 is 15.0 Å². The Balaban J connectivity index is 2.42. The second-order valence-corrected chi connectivity index (χ2v) is 3.83. The van der Waals surface area contributed by atoms with Gasteiger partial charge in [-0.1, -0.05) is 0 Å². The Morgan fingerprint density at radius 1 is 1.62 bits per heavy atom. The summed E-state index contributed by atoms with van der Waals surface area (Å²) in [4.78, 5) is 20.3. The molecule has 84 valence electrons. The Morgan fingerprint density at radius 3 is 3.25 bits per heavy atom. The Bertz CT molecular complexity index is 614. The van der Waals surface area contributed by atoms with Crippen LogP contribution in [0.2, 0.25) is 0 Å². The van der Waals surface area contributed by atoms with Gasteiger partial charge in [-0.05, 0) is 0 Å². The molecule has 3 rings (SSSR count). The van der Waals surface area contributed by atoms with Crippen LogP contribution in [0.15, 0.2) is 11.1 Å². The summed E-state index contributed by atoms with van der Waals surface area (Å²) in [6.07, 6.45) is 1.22. The van der Waals surface area contributed by atoms with Gasteiger partial charge in [-0.25, -0.2) is 9.55 Å². The summed E-state index contributed by atoms with van der Waals surface area (Å²) < 4.78 is 2.93. The van der Waals surface area contributed by atoms with E-state index in [1.54, 1.807) is 11.6 Å². The Hall–Kier alpha value is -1.89. The van der Waals surface area contributed by atoms with E-state index in [2.05, 4.69) is 15.3 Å². The van der Waals surface area contributed by atoms with Gasteiger partial charge in [0.25, 0.3) is 5.56 Å². The van der Waals surface area contributed by atoms with Gasteiger partial charge in [-0.2, -0.15) is 4.98 Å². The van der Waals surface area contributed by atoms with Crippen molar-refractivity contribution in [2.45, 2.75) is 12.6 Å². The molecule has 7 heteroatoms. The first-order valence-electron chi connectivity index (χ1n) is 5.04. The number of hydrogen-bond acceptors (Lipinski definition) is 5. The molecule has 0 fully saturated rings. The molecule has 1 aliphatic heterocycles. The molecule has 0 spiro atoms.